The fraction of sp³-hybridized carbons (Fsp3) is 0.500. The van der Waals surface area contributed by atoms with Crippen molar-refractivity contribution in [1.29, 1.82) is 0 Å². The monoisotopic (exact) mass is 253 g/mol. The van der Waals surface area contributed by atoms with E-state index in [0.29, 0.717) is 17.4 Å². The molecule has 17 heavy (non-hydrogen) atoms. The summed E-state index contributed by atoms with van der Waals surface area (Å²) in [6.45, 7) is 6.22. The van der Waals surface area contributed by atoms with Crippen molar-refractivity contribution in [3.8, 4) is 0 Å². The number of carbonyl (C=O) groups excluding carboxylic acids is 1. The molecule has 1 aromatic rings. The highest BCUT2D eigenvalue weighted by atomic mass is 35.5. The van der Waals surface area contributed by atoms with Crippen LogP contribution >= 0.6 is 11.6 Å². The molecule has 0 aromatic heterocycles. The number of alkyl halides is 1. The zero-order valence-electron chi connectivity index (χ0n) is 10.7. The molecular formula is C14H20ClNO. The average molecular weight is 254 g/mol. The predicted octanol–water partition coefficient (Wildman–Crippen LogP) is 3.38. The molecule has 3 heteroatoms. The first kappa shape index (κ1) is 14.0. The lowest BCUT2D eigenvalue weighted by Crippen LogP contribution is -2.37. The van der Waals surface area contributed by atoms with E-state index in [2.05, 4.69) is 19.2 Å². The Morgan fingerprint density at radius 1 is 1.41 bits per heavy atom. The van der Waals surface area contributed by atoms with Crippen LogP contribution in [0.4, 0.5) is 0 Å². The summed E-state index contributed by atoms with van der Waals surface area (Å²) in [6, 6.07) is 7.62. The minimum atomic E-state index is -0.0417. The summed E-state index contributed by atoms with van der Waals surface area (Å²) in [5, 5.41) is 2.97. The van der Waals surface area contributed by atoms with Gasteiger partial charge in [-0.2, -0.15) is 0 Å². The molecule has 2 nitrogen and oxygen atoms in total. The van der Waals surface area contributed by atoms with Crippen LogP contribution < -0.4 is 5.32 Å². The lowest BCUT2D eigenvalue weighted by atomic mass is 10.0. The number of nitrogens with one attached hydrogen (secondary N) is 1. The molecule has 1 atom stereocenters. The second-order valence-electron chi connectivity index (χ2n) is 4.82. The quantitative estimate of drug-likeness (QED) is 0.801. The number of aryl methyl sites for hydroxylation is 1. The first-order valence-electron chi connectivity index (χ1n) is 5.96. The van der Waals surface area contributed by atoms with Gasteiger partial charge in [0.2, 0.25) is 0 Å². The first-order chi connectivity index (χ1) is 8.02. The summed E-state index contributed by atoms with van der Waals surface area (Å²) in [7, 11) is 0. The Morgan fingerprint density at radius 3 is 2.65 bits per heavy atom. The summed E-state index contributed by atoms with van der Waals surface area (Å²) < 4.78 is 0. The van der Waals surface area contributed by atoms with Gasteiger partial charge in [0.15, 0.2) is 0 Å². The van der Waals surface area contributed by atoms with Crippen molar-refractivity contribution in [3.05, 3.63) is 35.4 Å². The minimum Gasteiger partial charge on any atom is -0.348 e. The van der Waals surface area contributed by atoms with Gasteiger partial charge in [0.05, 0.1) is 0 Å². The molecule has 1 aromatic carbocycles. The number of carbonyl (C=O) groups is 1. The summed E-state index contributed by atoms with van der Waals surface area (Å²) >= 11 is 5.86. The van der Waals surface area contributed by atoms with Gasteiger partial charge >= 0.3 is 0 Å². The highest BCUT2D eigenvalue weighted by Gasteiger charge is 2.14. The minimum absolute atomic E-state index is 0.0417. The Hall–Kier alpha value is -1.02. The van der Waals surface area contributed by atoms with Gasteiger partial charge in [-0.25, -0.2) is 0 Å². The number of hydrogen-bond acceptors (Lipinski definition) is 1. The zero-order valence-corrected chi connectivity index (χ0v) is 11.4. The van der Waals surface area contributed by atoms with Gasteiger partial charge in [0, 0.05) is 17.5 Å². The molecular weight excluding hydrogens is 234 g/mol. The van der Waals surface area contributed by atoms with E-state index < -0.39 is 0 Å². The normalized spacial score (nSPS) is 12.5. The first-order valence-corrected chi connectivity index (χ1v) is 6.50. The molecule has 94 valence electrons. The molecule has 0 radical (unpaired) electrons. The predicted molar refractivity (Wildman–Crippen MR) is 72.6 cm³/mol. The van der Waals surface area contributed by atoms with Crippen molar-refractivity contribution in [3.63, 3.8) is 0 Å². The molecule has 1 rings (SSSR count). The number of benzene rings is 1. The summed E-state index contributed by atoms with van der Waals surface area (Å²) in [5.74, 6) is 0.937. The molecule has 0 heterocycles. The Labute approximate surface area is 108 Å². The third-order valence-corrected chi connectivity index (χ3v) is 2.93. The Bertz CT molecular complexity index is 376. The zero-order chi connectivity index (χ0) is 12.8. The molecule has 0 bridgehead atoms. The number of hydrogen-bond donors (Lipinski definition) is 1. The van der Waals surface area contributed by atoms with Crippen LogP contribution in [0.2, 0.25) is 0 Å². The van der Waals surface area contributed by atoms with Crippen LogP contribution in [0, 0.1) is 12.8 Å². The van der Waals surface area contributed by atoms with Crippen molar-refractivity contribution < 1.29 is 4.79 Å². The standard InChI is InChI=1S/C14H20ClNO/c1-10(2)7-13(9-15)16-14(17)12-6-4-5-11(3)8-12/h4-6,8,10,13H,7,9H2,1-3H3,(H,16,17). The molecule has 0 aliphatic rings. The highest BCUT2D eigenvalue weighted by Crippen LogP contribution is 2.09. The second-order valence-corrected chi connectivity index (χ2v) is 5.13. The van der Waals surface area contributed by atoms with E-state index in [9.17, 15) is 4.79 Å². The van der Waals surface area contributed by atoms with Crippen LogP contribution in [-0.4, -0.2) is 17.8 Å². The van der Waals surface area contributed by atoms with Gasteiger partial charge in [-0.15, -0.1) is 11.6 Å². The van der Waals surface area contributed by atoms with Gasteiger partial charge < -0.3 is 5.32 Å². The summed E-state index contributed by atoms with van der Waals surface area (Å²) in [6.07, 6.45) is 0.904. The van der Waals surface area contributed by atoms with Crippen molar-refractivity contribution in [1.82, 2.24) is 5.32 Å². The highest BCUT2D eigenvalue weighted by molar-refractivity contribution is 6.18. The molecule has 0 saturated heterocycles. The summed E-state index contributed by atoms with van der Waals surface area (Å²) in [4.78, 5) is 12.0. The molecule has 0 spiro atoms. The van der Waals surface area contributed by atoms with Crippen molar-refractivity contribution in [2.24, 2.45) is 5.92 Å². The van der Waals surface area contributed by atoms with Crippen LogP contribution in [0.3, 0.4) is 0 Å². The van der Waals surface area contributed by atoms with E-state index in [1.165, 1.54) is 0 Å². The number of amides is 1. The molecule has 1 amide bonds. The molecule has 0 fully saturated rings. The fourth-order valence-electron chi connectivity index (χ4n) is 1.78. The van der Waals surface area contributed by atoms with E-state index >= 15 is 0 Å². The van der Waals surface area contributed by atoms with E-state index in [4.69, 9.17) is 11.6 Å². The Kier molecular flexibility index (Phi) is 5.49. The van der Waals surface area contributed by atoms with Crippen molar-refractivity contribution in [2.75, 3.05) is 5.88 Å². The Morgan fingerprint density at radius 2 is 2.12 bits per heavy atom. The molecule has 1 N–H and O–H groups in total. The smallest absolute Gasteiger partial charge is 0.251 e. The fourth-order valence-corrected chi connectivity index (χ4v) is 1.99. The van der Waals surface area contributed by atoms with Crippen molar-refractivity contribution >= 4 is 17.5 Å². The third-order valence-electron chi connectivity index (χ3n) is 2.56. The van der Waals surface area contributed by atoms with Crippen LogP contribution in [-0.2, 0) is 0 Å². The average Bonchev–Trinajstić information content (AvgIpc) is 2.27. The van der Waals surface area contributed by atoms with E-state index in [-0.39, 0.29) is 11.9 Å². The number of halogens is 1. The maximum Gasteiger partial charge on any atom is 0.251 e. The molecule has 0 saturated carbocycles. The largest absolute Gasteiger partial charge is 0.348 e. The second kappa shape index (κ2) is 6.65. The topological polar surface area (TPSA) is 29.1 Å². The number of rotatable bonds is 5. The lowest BCUT2D eigenvalue weighted by molar-refractivity contribution is 0.0936. The van der Waals surface area contributed by atoms with E-state index in [1.807, 2.05) is 31.2 Å². The van der Waals surface area contributed by atoms with Crippen LogP contribution in [0.25, 0.3) is 0 Å². The van der Waals surface area contributed by atoms with Gasteiger partial charge in [-0.05, 0) is 31.4 Å². The third kappa shape index (κ3) is 4.78. The van der Waals surface area contributed by atoms with Crippen LogP contribution in [0.15, 0.2) is 24.3 Å². The van der Waals surface area contributed by atoms with Gasteiger partial charge in [-0.3, -0.25) is 4.79 Å². The molecule has 0 aliphatic heterocycles. The SMILES string of the molecule is Cc1cccc(C(=O)NC(CCl)CC(C)C)c1. The van der Waals surface area contributed by atoms with Crippen molar-refractivity contribution in [2.45, 2.75) is 33.2 Å². The van der Waals surface area contributed by atoms with E-state index in [1.54, 1.807) is 0 Å². The summed E-state index contributed by atoms with van der Waals surface area (Å²) in [5.41, 5.74) is 1.79. The molecule has 0 aliphatic carbocycles. The van der Waals surface area contributed by atoms with Crippen LogP contribution in [0.1, 0.15) is 36.2 Å². The van der Waals surface area contributed by atoms with Gasteiger partial charge in [-0.1, -0.05) is 31.5 Å². The maximum absolute atomic E-state index is 12.0. The Balaban J connectivity index is 2.64. The lowest BCUT2D eigenvalue weighted by Gasteiger charge is -2.18. The van der Waals surface area contributed by atoms with Gasteiger partial charge in [0.1, 0.15) is 0 Å². The maximum atomic E-state index is 12.0. The molecule has 1 unspecified atom stereocenters. The van der Waals surface area contributed by atoms with E-state index in [0.717, 1.165) is 12.0 Å². The van der Waals surface area contributed by atoms with Crippen LogP contribution in [0.5, 0.6) is 0 Å². The van der Waals surface area contributed by atoms with Gasteiger partial charge in [0.25, 0.3) is 5.91 Å².